The molecule has 1 saturated heterocycles. The molecule has 0 radical (unpaired) electrons. The van der Waals surface area contributed by atoms with Gasteiger partial charge in [-0.05, 0) is 51.4 Å². The predicted octanol–water partition coefficient (Wildman–Crippen LogP) is 3.61. The molecule has 2 rings (SSSR count). The highest BCUT2D eigenvalue weighted by Gasteiger charge is 2.21. The highest BCUT2D eigenvalue weighted by atomic mass is 35.5. The van der Waals surface area contributed by atoms with Crippen molar-refractivity contribution in [3.63, 3.8) is 0 Å². The molecular weight excluding hydrogens is 274 g/mol. The maximum atomic E-state index is 5.92. The second-order valence-corrected chi connectivity index (χ2v) is 5.97. The lowest BCUT2D eigenvalue weighted by Crippen LogP contribution is -2.45. The van der Waals surface area contributed by atoms with Crippen LogP contribution in [0.4, 0.5) is 0 Å². The smallest absolute Gasteiger partial charge is 0.120 e. The lowest BCUT2D eigenvalue weighted by molar-refractivity contribution is -0.0682. The first-order chi connectivity index (χ1) is 9.63. The maximum Gasteiger partial charge on any atom is 0.120 e. The van der Waals surface area contributed by atoms with Gasteiger partial charge in [-0.2, -0.15) is 0 Å². The highest BCUT2D eigenvalue weighted by molar-refractivity contribution is 6.30. The van der Waals surface area contributed by atoms with Gasteiger partial charge in [-0.1, -0.05) is 17.7 Å². The summed E-state index contributed by atoms with van der Waals surface area (Å²) >= 11 is 5.92. The summed E-state index contributed by atoms with van der Waals surface area (Å²) in [5.41, 5.74) is 0. The Labute approximate surface area is 126 Å². The van der Waals surface area contributed by atoms with Crippen LogP contribution in [0, 0.1) is 0 Å². The van der Waals surface area contributed by atoms with Gasteiger partial charge in [0.2, 0.25) is 0 Å². The quantitative estimate of drug-likeness (QED) is 0.749. The van der Waals surface area contributed by atoms with E-state index in [1.54, 1.807) is 0 Å². The van der Waals surface area contributed by atoms with Crippen molar-refractivity contribution in [1.29, 1.82) is 0 Å². The molecular formula is C16H24ClNO2. The molecule has 4 heteroatoms. The van der Waals surface area contributed by atoms with E-state index in [1.807, 2.05) is 24.3 Å². The lowest BCUT2D eigenvalue weighted by Gasteiger charge is -2.35. The first-order valence-electron chi connectivity index (χ1n) is 7.39. The summed E-state index contributed by atoms with van der Waals surface area (Å²) in [4.78, 5) is 2.48. The largest absolute Gasteiger partial charge is 0.494 e. The van der Waals surface area contributed by atoms with Crippen LogP contribution in [0.25, 0.3) is 0 Å². The molecule has 3 nitrogen and oxygen atoms in total. The van der Waals surface area contributed by atoms with Crippen molar-refractivity contribution in [2.45, 2.75) is 38.9 Å². The molecule has 1 aliphatic heterocycles. The third-order valence-corrected chi connectivity index (χ3v) is 3.66. The van der Waals surface area contributed by atoms with E-state index in [9.17, 15) is 0 Å². The number of hydrogen-bond acceptors (Lipinski definition) is 3. The van der Waals surface area contributed by atoms with Crippen LogP contribution in [-0.2, 0) is 4.74 Å². The maximum absolute atomic E-state index is 5.92. The fourth-order valence-corrected chi connectivity index (χ4v) is 2.83. The molecule has 0 amide bonds. The van der Waals surface area contributed by atoms with E-state index < -0.39 is 0 Å². The van der Waals surface area contributed by atoms with Gasteiger partial charge < -0.3 is 9.47 Å². The summed E-state index contributed by atoms with van der Waals surface area (Å²) in [6.45, 7) is 8.24. The highest BCUT2D eigenvalue weighted by Crippen LogP contribution is 2.17. The Balaban J connectivity index is 1.59. The number of morpholine rings is 1. The monoisotopic (exact) mass is 297 g/mol. The van der Waals surface area contributed by atoms with Gasteiger partial charge in [-0.3, -0.25) is 4.90 Å². The van der Waals surface area contributed by atoms with Crippen molar-refractivity contribution in [3.05, 3.63) is 29.3 Å². The minimum atomic E-state index is 0.349. The van der Waals surface area contributed by atoms with E-state index in [-0.39, 0.29) is 0 Å². The number of rotatable bonds is 6. The van der Waals surface area contributed by atoms with Gasteiger partial charge in [0.15, 0.2) is 0 Å². The number of halogens is 1. The van der Waals surface area contributed by atoms with Crippen molar-refractivity contribution >= 4 is 11.6 Å². The number of nitrogens with zero attached hydrogens (tertiary/aromatic N) is 1. The van der Waals surface area contributed by atoms with Gasteiger partial charge in [-0.15, -0.1) is 0 Å². The molecule has 1 aliphatic rings. The Hall–Kier alpha value is -0.770. The normalized spacial score (nSPS) is 23.8. The fourth-order valence-electron chi connectivity index (χ4n) is 2.65. The minimum Gasteiger partial charge on any atom is -0.494 e. The van der Waals surface area contributed by atoms with Crippen molar-refractivity contribution < 1.29 is 9.47 Å². The molecule has 1 heterocycles. The standard InChI is InChI=1S/C16H24ClNO2/c1-13-11-18(12-14(2)20-13)8-3-4-9-19-16-7-5-6-15(17)10-16/h5-7,10,13-14H,3-4,8-9,11-12H2,1-2H3. The van der Waals surface area contributed by atoms with Gasteiger partial charge in [0, 0.05) is 18.1 Å². The third kappa shape index (κ3) is 5.31. The molecule has 1 aromatic carbocycles. The number of benzene rings is 1. The molecule has 2 atom stereocenters. The minimum absolute atomic E-state index is 0.349. The molecule has 0 aliphatic carbocycles. The van der Waals surface area contributed by atoms with Crippen LogP contribution in [0.5, 0.6) is 5.75 Å². The van der Waals surface area contributed by atoms with Crippen molar-refractivity contribution in [2.24, 2.45) is 0 Å². The van der Waals surface area contributed by atoms with Gasteiger partial charge in [-0.25, -0.2) is 0 Å². The zero-order valence-electron chi connectivity index (χ0n) is 12.3. The molecule has 2 unspecified atom stereocenters. The zero-order chi connectivity index (χ0) is 14.4. The summed E-state index contributed by atoms with van der Waals surface area (Å²) in [6.07, 6.45) is 2.91. The summed E-state index contributed by atoms with van der Waals surface area (Å²) < 4.78 is 11.4. The van der Waals surface area contributed by atoms with Gasteiger partial charge >= 0.3 is 0 Å². The predicted molar refractivity (Wildman–Crippen MR) is 82.6 cm³/mol. The van der Waals surface area contributed by atoms with Crippen LogP contribution in [0.3, 0.4) is 0 Å². The summed E-state index contributed by atoms with van der Waals surface area (Å²) in [7, 11) is 0. The van der Waals surface area contributed by atoms with Crippen LogP contribution in [0.15, 0.2) is 24.3 Å². The van der Waals surface area contributed by atoms with Crippen molar-refractivity contribution in [2.75, 3.05) is 26.2 Å². The molecule has 0 bridgehead atoms. The first-order valence-corrected chi connectivity index (χ1v) is 7.77. The van der Waals surface area contributed by atoms with E-state index in [4.69, 9.17) is 21.1 Å². The van der Waals surface area contributed by atoms with Crippen LogP contribution in [0.2, 0.25) is 5.02 Å². The van der Waals surface area contributed by atoms with E-state index >= 15 is 0 Å². The molecule has 1 fully saturated rings. The van der Waals surface area contributed by atoms with E-state index in [1.165, 1.54) is 0 Å². The molecule has 20 heavy (non-hydrogen) atoms. The Kier molecular flexibility index (Phi) is 6.14. The Morgan fingerprint density at radius 1 is 1.25 bits per heavy atom. The lowest BCUT2D eigenvalue weighted by atomic mass is 10.2. The van der Waals surface area contributed by atoms with E-state index in [2.05, 4.69) is 18.7 Å². The molecule has 112 valence electrons. The van der Waals surface area contributed by atoms with Gasteiger partial charge in [0.25, 0.3) is 0 Å². The topological polar surface area (TPSA) is 21.7 Å². The number of hydrogen-bond donors (Lipinski definition) is 0. The Morgan fingerprint density at radius 2 is 2.00 bits per heavy atom. The summed E-state index contributed by atoms with van der Waals surface area (Å²) in [5.74, 6) is 0.853. The van der Waals surface area contributed by atoms with Gasteiger partial charge in [0.05, 0.1) is 18.8 Å². The molecule has 0 spiro atoms. The second kappa shape index (κ2) is 7.87. The van der Waals surface area contributed by atoms with Crippen LogP contribution >= 0.6 is 11.6 Å². The average Bonchev–Trinajstić information content (AvgIpc) is 2.37. The zero-order valence-corrected chi connectivity index (χ0v) is 13.1. The average molecular weight is 298 g/mol. The Morgan fingerprint density at radius 3 is 2.70 bits per heavy atom. The number of ether oxygens (including phenoxy) is 2. The van der Waals surface area contributed by atoms with Crippen LogP contribution in [-0.4, -0.2) is 43.3 Å². The van der Waals surface area contributed by atoms with Crippen LogP contribution < -0.4 is 4.74 Å². The Bertz CT molecular complexity index is 403. The molecule has 1 aromatic rings. The third-order valence-electron chi connectivity index (χ3n) is 3.43. The summed E-state index contributed by atoms with van der Waals surface area (Å²) in [6, 6.07) is 7.56. The molecule has 0 N–H and O–H groups in total. The van der Waals surface area contributed by atoms with E-state index in [0.717, 1.165) is 49.9 Å². The first kappa shape index (κ1) is 15.6. The number of unbranched alkanes of at least 4 members (excludes halogenated alkanes) is 1. The van der Waals surface area contributed by atoms with Gasteiger partial charge in [0.1, 0.15) is 5.75 Å². The molecule has 0 aromatic heterocycles. The second-order valence-electron chi connectivity index (χ2n) is 5.53. The fraction of sp³-hybridized carbons (Fsp3) is 0.625. The van der Waals surface area contributed by atoms with Crippen LogP contribution in [0.1, 0.15) is 26.7 Å². The summed E-state index contributed by atoms with van der Waals surface area (Å²) in [5, 5.41) is 0.721. The molecule has 0 saturated carbocycles. The van der Waals surface area contributed by atoms with Crippen molar-refractivity contribution in [3.8, 4) is 5.75 Å². The van der Waals surface area contributed by atoms with Crippen molar-refractivity contribution in [1.82, 2.24) is 4.90 Å². The van der Waals surface area contributed by atoms with E-state index in [0.29, 0.717) is 12.2 Å². The SMILES string of the molecule is CC1CN(CCCCOc2cccc(Cl)c2)CC(C)O1.